The highest BCUT2D eigenvalue weighted by atomic mass is 79.9. The van der Waals surface area contributed by atoms with Crippen LogP contribution in [-0.4, -0.2) is 128 Å². The number of alkyl halides is 1. The van der Waals surface area contributed by atoms with Crippen LogP contribution < -0.4 is 41.4 Å². The third-order valence-electron chi connectivity index (χ3n) is 11.6. The summed E-state index contributed by atoms with van der Waals surface area (Å²) in [5.41, 5.74) is 17.3. The largest absolute Gasteiger partial charge is 0.497 e. The predicted molar refractivity (Wildman–Crippen MR) is 305 cm³/mol. The van der Waals surface area contributed by atoms with E-state index < -0.39 is 0 Å². The van der Waals surface area contributed by atoms with Crippen LogP contribution in [0.4, 0.5) is 33.7 Å². The van der Waals surface area contributed by atoms with Gasteiger partial charge in [0.15, 0.2) is 21.2 Å². The number of aliphatic imine (C=N–C) groups is 1. The lowest BCUT2D eigenvalue weighted by atomic mass is 10.0. The quantitative estimate of drug-likeness (QED) is 0.0207. The molecule has 2 fully saturated rings. The number of nitrogens with one attached hydrogen (secondary N) is 2. The maximum Gasteiger partial charge on any atom is 0.206 e. The number of amidine groups is 1. The topological polar surface area (TPSA) is 167 Å². The molecule has 0 aliphatic carbocycles. The molecule has 69 heavy (non-hydrogen) atoms. The Hall–Kier alpha value is -4.81. The van der Waals surface area contributed by atoms with E-state index in [0.717, 1.165) is 43.3 Å². The van der Waals surface area contributed by atoms with E-state index in [1.165, 1.54) is 60.2 Å². The molecule has 1 atom stereocenters. The van der Waals surface area contributed by atoms with Gasteiger partial charge in [0.2, 0.25) is 5.78 Å². The molecule has 2 saturated heterocycles. The highest BCUT2D eigenvalue weighted by Gasteiger charge is 2.23. The van der Waals surface area contributed by atoms with E-state index in [1.807, 2.05) is 37.3 Å². The normalized spacial score (nSPS) is 14.1. The Labute approximate surface area is 433 Å². The van der Waals surface area contributed by atoms with E-state index in [9.17, 15) is 9.59 Å². The van der Waals surface area contributed by atoms with Crippen molar-refractivity contribution >= 4 is 117 Å². The number of ether oxygens (including phenoxy) is 2. The maximum absolute atomic E-state index is 12.9. The molecule has 14 nitrogen and oxygen atoms in total. The fourth-order valence-corrected chi connectivity index (χ4v) is 9.58. The fraction of sp³-hybridized carbons (Fsp3) is 0.380. The van der Waals surface area contributed by atoms with Crippen LogP contribution in [0.5, 0.6) is 11.5 Å². The average Bonchev–Trinajstić information content (AvgIpc) is 3.73. The summed E-state index contributed by atoms with van der Waals surface area (Å²) in [5.74, 6) is 2.35. The van der Waals surface area contributed by atoms with Gasteiger partial charge in [-0.2, -0.15) is 14.9 Å². The predicted octanol–water partition coefficient (Wildman–Crippen LogP) is 9.55. The summed E-state index contributed by atoms with van der Waals surface area (Å²) in [6.45, 7) is 6.36. The third kappa shape index (κ3) is 17.5. The molecule has 3 heterocycles. The first-order valence-electron chi connectivity index (χ1n) is 22.5. The van der Waals surface area contributed by atoms with E-state index in [2.05, 4.69) is 109 Å². The van der Waals surface area contributed by atoms with Crippen molar-refractivity contribution in [2.24, 2.45) is 10.7 Å². The van der Waals surface area contributed by atoms with Crippen LogP contribution >= 0.6 is 61.1 Å². The lowest BCUT2D eigenvalue weighted by Gasteiger charge is -2.36. The second kappa shape index (κ2) is 28.8. The second-order valence-corrected chi connectivity index (χ2v) is 19.7. The van der Waals surface area contributed by atoms with Crippen molar-refractivity contribution in [1.82, 2.24) is 14.8 Å². The molecule has 19 heteroatoms. The number of hydrogen-bond acceptors (Lipinski definition) is 14. The molecule has 2 aliphatic rings. The third-order valence-corrected chi connectivity index (χ3v) is 13.9. The molecule has 5 aromatic rings. The summed E-state index contributed by atoms with van der Waals surface area (Å²) in [7, 11) is 11.8. The van der Waals surface area contributed by atoms with Gasteiger partial charge in [-0.15, -0.1) is 0 Å². The fourth-order valence-electron chi connectivity index (χ4n) is 7.66. The number of rotatable bonds is 14. The van der Waals surface area contributed by atoms with Crippen molar-refractivity contribution < 1.29 is 19.1 Å². The van der Waals surface area contributed by atoms with Crippen molar-refractivity contribution in [3.05, 3.63) is 113 Å². The molecule has 1 aromatic heterocycles. The van der Waals surface area contributed by atoms with E-state index in [1.54, 1.807) is 56.7 Å². The number of aromatic nitrogens is 1. The number of thiazole rings is 1. The Bertz CT molecular complexity index is 2430. The number of methoxy groups -OCH3 is 2. The first kappa shape index (κ1) is 56.8. The zero-order valence-electron chi connectivity index (χ0n) is 40.7. The molecule has 0 bridgehead atoms. The Kier molecular flexibility index (Phi) is 23.7. The smallest absolute Gasteiger partial charge is 0.206 e. The van der Waals surface area contributed by atoms with E-state index >= 15 is 0 Å². The van der Waals surface area contributed by atoms with Gasteiger partial charge < -0.3 is 51.2 Å². The van der Waals surface area contributed by atoms with Crippen LogP contribution in [0.2, 0.25) is 0 Å². The Balaban J connectivity index is 0.000000247. The molecule has 4 aromatic carbocycles. The molecule has 1 unspecified atom stereocenters. The monoisotopic (exact) mass is 1080 g/mol. The minimum Gasteiger partial charge on any atom is -0.497 e. The van der Waals surface area contributed by atoms with Gasteiger partial charge in [0.1, 0.15) is 22.2 Å². The minimum absolute atomic E-state index is 0. The number of Topliss-reactive ketones (excluding diaryl/α,β-unsaturated/α-hetero) is 1. The van der Waals surface area contributed by atoms with Crippen molar-refractivity contribution in [2.45, 2.75) is 44.7 Å². The maximum atomic E-state index is 12.9. The summed E-state index contributed by atoms with van der Waals surface area (Å²) < 4.78 is 10.2. The number of nitrogen functional groups attached to an aromatic ring is 1. The Morgan fingerprint density at radius 1 is 0.812 bits per heavy atom. The zero-order chi connectivity index (χ0) is 49.2. The van der Waals surface area contributed by atoms with Gasteiger partial charge in [0.25, 0.3) is 0 Å². The number of hydrogen-bond donors (Lipinski definition) is 4. The molecule has 0 radical (unpaired) electrons. The van der Waals surface area contributed by atoms with Crippen LogP contribution in [0.15, 0.2) is 102 Å². The lowest BCUT2D eigenvalue weighted by molar-refractivity contribution is 0.102. The molecule has 372 valence electrons. The Morgan fingerprint density at radius 3 is 1.75 bits per heavy atom. The van der Waals surface area contributed by atoms with Crippen molar-refractivity contribution in [1.29, 1.82) is 0 Å². The van der Waals surface area contributed by atoms with Gasteiger partial charge in [-0.1, -0.05) is 70.2 Å². The molecule has 0 saturated carbocycles. The average molecular weight is 1080 g/mol. The summed E-state index contributed by atoms with van der Waals surface area (Å²) in [6, 6.07) is 32.2. The highest BCUT2D eigenvalue weighted by Crippen LogP contribution is 2.32. The number of halogens is 1. The number of piperidine rings is 2. The van der Waals surface area contributed by atoms with Crippen LogP contribution in [0.1, 0.15) is 58.2 Å². The van der Waals surface area contributed by atoms with Gasteiger partial charge in [-0.05, 0) is 145 Å². The molecular weight excluding hydrogens is 1010 g/mol. The number of carbonyl (C=O) groups is 2. The summed E-state index contributed by atoms with van der Waals surface area (Å²) >= 11 is 11.1. The molecule has 7 rings (SSSR count). The van der Waals surface area contributed by atoms with Gasteiger partial charge >= 0.3 is 0 Å². The summed E-state index contributed by atoms with van der Waals surface area (Å²) in [6.07, 6.45) is 4.77. The van der Waals surface area contributed by atoms with Crippen molar-refractivity contribution in [2.75, 3.05) is 106 Å². The summed E-state index contributed by atoms with van der Waals surface area (Å²) in [5, 5.41) is 8.21. The number of benzene rings is 4. The van der Waals surface area contributed by atoms with E-state index in [0.29, 0.717) is 60.3 Å². The lowest BCUT2D eigenvalue weighted by Crippen LogP contribution is -2.41. The van der Waals surface area contributed by atoms with Crippen LogP contribution in [0, 0.1) is 0 Å². The molecule has 0 amide bonds. The van der Waals surface area contributed by atoms with Crippen LogP contribution in [0.25, 0.3) is 0 Å². The number of anilines is 6. The van der Waals surface area contributed by atoms with Gasteiger partial charge in [0, 0.05) is 72.1 Å². The van der Waals surface area contributed by atoms with Crippen LogP contribution in [-0.2, 0) is 0 Å². The van der Waals surface area contributed by atoms with Gasteiger partial charge in [-0.3, -0.25) is 9.59 Å². The summed E-state index contributed by atoms with van der Waals surface area (Å²) in [4.78, 5) is 42.5. The van der Waals surface area contributed by atoms with E-state index in [4.69, 9.17) is 33.2 Å². The van der Waals surface area contributed by atoms with Gasteiger partial charge in [-0.25, -0.2) is 4.98 Å². The van der Waals surface area contributed by atoms with Crippen molar-refractivity contribution in [3.8, 4) is 11.5 Å². The first-order chi connectivity index (χ1) is 32.7. The number of nitrogens with zero attached hydrogens (tertiary/aromatic N) is 6. The standard InChI is InChI=1S/C24H29N5O2S.C17H27N5S2.C9H9BrO2.H3P/c1-28(2)18-11-13-29(14-12-18)19-9-7-17(8-10-19)26-24-27-23(25)22(32-24)21(30)16-5-4-6-20(15-16)31-3;1-4-24-16(18)20-17(23)19-13-5-7-15(8-6-13)22-11-9-14(10-12-22)21(2)3;1-12-8-4-2-3-7(5-8)9(11)6-10;/h4-10,15,18H,11-14,25H2,1-3H3,(H,26,27);5-8,14H,4,9-12H2,1-3H3,(H3,18,19,20,23);2-5H,6H2,1H3;1H3. The number of nitrogens with two attached hydrogens (primary N) is 2. The Morgan fingerprint density at radius 2 is 1.29 bits per heavy atom. The van der Waals surface area contributed by atoms with Crippen LogP contribution in [0.3, 0.4) is 0 Å². The zero-order valence-corrected chi connectivity index (χ0v) is 46.2. The van der Waals surface area contributed by atoms with Crippen molar-refractivity contribution in [3.63, 3.8) is 0 Å². The number of thiocarbonyl (C=S) groups is 1. The number of carbonyl (C=O) groups excluding carboxylic acids is 2. The van der Waals surface area contributed by atoms with Gasteiger partial charge in [0.05, 0.1) is 19.5 Å². The number of thioether (sulfide) groups is 1. The molecule has 6 N–H and O–H groups in total. The highest BCUT2D eigenvalue weighted by molar-refractivity contribution is 9.09. The first-order valence-corrected chi connectivity index (χ1v) is 25.8. The minimum atomic E-state index is -0.163. The molecular formula is C50H68BrN10O4PS3. The second-order valence-electron chi connectivity index (χ2n) is 16.5. The number of ketones is 2. The van der Waals surface area contributed by atoms with E-state index in [-0.39, 0.29) is 27.3 Å². The molecule has 0 spiro atoms. The molecule has 2 aliphatic heterocycles. The SMILES string of the molecule is CCSC(N)=NC(=S)Nc1ccc(N2CCC(N(C)C)CC2)cc1.COc1cccc(C(=O)CBr)c1.COc1cccc(C(=O)c2sc(Nc3ccc(N4CCC(N(C)C)CC4)cc3)nc2N)c1.P.